The molecular formula is C24H19Cl3N3O3+. The Balaban J connectivity index is 1.72. The lowest BCUT2D eigenvalue weighted by atomic mass is 9.99. The van der Waals surface area contributed by atoms with Crippen LogP contribution in [0.2, 0.25) is 15.1 Å². The molecule has 3 aromatic carbocycles. The Morgan fingerprint density at radius 2 is 1.67 bits per heavy atom. The lowest BCUT2D eigenvalue weighted by Gasteiger charge is -2.15. The van der Waals surface area contributed by atoms with Gasteiger partial charge in [0.05, 0.1) is 17.7 Å². The topological polar surface area (TPSA) is 70.4 Å². The van der Waals surface area contributed by atoms with Crippen LogP contribution in [0, 0.1) is 0 Å². The summed E-state index contributed by atoms with van der Waals surface area (Å²) in [7, 11) is 1.58. The highest BCUT2D eigenvalue weighted by Crippen LogP contribution is 2.28. The number of rotatable bonds is 5. The summed E-state index contributed by atoms with van der Waals surface area (Å²) in [6, 6.07) is 17.4. The van der Waals surface area contributed by atoms with E-state index < -0.39 is 18.0 Å². The van der Waals surface area contributed by atoms with Crippen molar-refractivity contribution in [3.63, 3.8) is 0 Å². The molecule has 1 aliphatic rings. The molecule has 168 valence electrons. The van der Waals surface area contributed by atoms with Crippen molar-refractivity contribution in [1.29, 1.82) is 0 Å². The molecule has 9 heteroatoms. The second kappa shape index (κ2) is 9.83. The summed E-state index contributed by atoms with van der Waals surface area (Å²) < 4.78 is 6.88. The normalized spacial score (nSPS) is 18.8. The molecular weight excluding hydrogens is 485 g/mol. The van der Waals surface area contributed by atoms with E-state index in [9.17, 15) is 9.59 Å². The first-order valence-electron chi connectivity index (χ1n) is 9.95. The van der Waals surface area contributed by atoms with Crippen molar-refractivity contribution in [2.75, 3.05) is 7.11 Å². The first-order chi connectivity index (χ1) is 15.9. The molecule has 2 amide bonds. The molecule has 2 atom stereocenters. The molecule has 1 saturated heterocycles. The molecule has 1 fully saturated rings. The minimum atomic E-state index is -0.871. The van der Waals surface area contributed by atoms with Crippen molar-refractivity contribution in [2.45, 2.75) is 12.1 Å². The van der Waals surface area contributed by atoms with E-state index in [1.807, 2.05) is 12.1 Å². The van der Waals surface area contributed by atoms with Gasteiger partial charge in [0, 0.05) is 21.2 Å². The highest BCUT2D eigenvalue weighted by molar-refractivity contribution is 6.36. The van der Waals surface area contributed by atoms with Crippen molar-refractivity contribution >= 4 is 52.8 Å². The Hall–Kier alpha value is -3.06. The molecule has 2 N–H and O–H groups in total. The molecule has 1 aliphatic heterocycles. The zero-order valence-corrected chi connectivity index (χ0v) is 19.7. The van der Waals surface area contributed by atoms with Gasteiger partial charge < -0.3 is 10.1 Å². The quantitative estimate of drug-likeness (QED) is 0.497. The SMILES string of the molecule is COc1ccc([C@H]2[C@H](NC(=O)c3ccc(Cl)cc3)C(=O)N/[N+]2=C\c2ccc(Cl)cc2Cl)cc1. The Kier molecular flexibility index (Phi) is 6.88. The maximum atomic E-state index is 13.0. The highest BCUT2D eigenvalue weighted by atomic mass is 35.5. The van der Waals surface area contributed by atoms with Gasteiger partial charge in [-0.25, -0.2) is 0 Å². The number of nitrogens with zero attached hydrogens (tertiary/aromatic N) is 1. The van der Waals surface area contributed by atoms with Crippen molar-refractivity contribution in [3.05, 3.63) is 98.5 Å². The number of carbonyl (C=O) groups excluding carboxylic acids is 2. The summed E-state index contributed by atoms with van der Waals surface area (Å²) in [5.41, 5.74) is 4.66. The zero-order valence-electron chi connectivity index (χ0n) is 17.4. The van der Waals surface area contributed by atoms with Crippen LogP contribution >= 0.6 is 34.8 Å². The van der Waals surface area contributed by atoms with E-state index in [4.69, 9.17) is 39.5 Å². The number of hydrazine groups is 1. The molecule has 0 bridgehead atoms. The average molecular weight is 504 g/mol. The Bertz CT molecular complexity index is 1230. The molecule has 0 aromatic heterocycles. The molecule has 0 spiro atoms. The van der Waals surface area contributed by atoms with Gasteiger partial charge in [-0.1, -0.05) is 34.8 Å². The zero-order chi connectivity index (χ0) is 23.5. The van der Waals surface area contributed by atoms with Crippen LogP contribution in [0.1, 0.15) is 27.5 Å². The van der Waals surface area contributed by atoms with E-state index in [1.165, 1.54) is 0 Å². The average Bonchev–Trinajstić information content (AvgIpc) is 3.10. The maximum Gasteiger partial charge on any atom is 0.304 e. The third-order valence-corrected chi connectivity index (χ3v) is 6.04. The monoisotopic (exact) mass is 502 g/mol. The smallest absolute Gasteiger partial charge is 0.304 e. The largest absolute Gasteiger partial charge is 0.497 e. The number of benzene rings is 3. The van der Waals surface area contributed by atoms with Gasteiger partial charge in [0.1, 0.15) is 5.75 Å². The Morgan fingerprint density at radius 3 is 2.30 bits per heavy atom. The first-order valence-corrected chi connectivity index (χ1v) is 11.1. The number of hydrogen-bond acceptors (Lipinski definition) is 3. The van der Waals surface area contributed by atoms with Crippen LogP contribution < -0.4 is 15.5 Å². The summed E-state index contributed by atoms with van der Waals surface area (Å²) in [5, 5.41) is 4.29. The summed E-state index contributed by atoms with van der Waals surface area (Å²) >= 11 is 18.3. The van der Waals surface area contributed by atoms with Crippen molar-refractivity contribution < 1.29 is 19.0 Å². The van der Waals surface area contributed by atoms with E-state index in [0.717, 1.165) is 5.56 Å². The third kappa shape index (κ3) is 5.14. The van der Waals surface area contributed by atoms with Crippen LogP contribution in [0.5, 0.6) is 5.75 Å². The molecule has 0 unspecified atom stereocenters. The molecule has 0 saturated carbocycles. The third-order valence-electron chi connectivity index (χ3n) is 5.23. The van der Waals surface area contributed by atoms with Gasteiger partial charge in [0.15, 0.2) is 6.04 Å². The van der Waals surface area contributed by atoms with Gasteiger partial charge in [0.25, 0.3) is 5.91 Å². The number of hydrazone groups is 1. The fourth-order valence-corrected chi connectivity index (χ4v) is 4.15. The number of carbonyl (C=O) groups is 2. The number of halogens is 3. The van der Waals surface area contributed by atoms with Gasteiger partial charge in [-0.15, -0.1) is 10.1 Å². The number of amides is 2. The van der Waals surface area contributed by atoms with E-state index in [-0.39, 0.29) is 5.91 Å². The van der Waals surface area contributed by atoms with Crippen molar-refractivity contribution in [3.8, 4) is 5.75 Å². The van der Waals surface area contributed by atoms with E-state index in [1.54, 1.807) is 72.6 Å². The number of nitrogens with one attached hydrogen (secondary N) is 2. The molecule has 0 radical (unpaired) electrons. The van der Waals surface area contributed by atoms with Gasteiger partial charge in [-0.3, -0.25) is 9.59 Å². The van der Waals surface area contributed by atoms with Gasteiger partial charge >= 0.3 is 5.91 Å². The van der Waals surface area contributed by atoms with Gasteiger partial charge in [-0.05, 0) is 66.7 Å². The predicted molar refractivity (Wildman–Crippen MR) is 128 cm³/mol. The molecule has 0 aliphatic carbocycles. The molecule has 33 heavy (non-hydrogen) atoms. The highest BCUT2D eigenvalue weighted by Gasteiger charge is 2.47. The van der Waals surface area contributed by atoms with Crippen LogP contribution in [0.15, 0.2) is 66.7 Å². The predicted octanol–water partition coefficient (Wildman–Crippen LogP) is 4.67. The minimum absolute atomic E-state index is 0.362. The fraction of sp³-hybridized carbons (Fsp3) is 0.125. The van der Waals surface area contributed by atoms with Crippen molar-refractivity contribution in [1.82, 2.24) is 10.7 Å². The second-order valence-electron chi connectivity index (χ2n) is 7.35. The summed E-state index contributed by atoms with van der Waals surface area (Å²) in [5.74, 6) is -0.0785. The Labute approximate surface area is 205 Å². The van der Waals surface area contributed by atoms with Gasteiger partial charge in [-0.2, -0.15) is 0 Å². The summed E-state index contributed by atoms with van der Waals surface area (Å²) in [6.07, 6.45) is 1.71. The molecule has 3 aromatic rings. The minimum Gasteiger partial charge on any atom is -0.497 e. The summed E-state index contributed by atoms with van der Waals surface area (Å²) in [4.78, 5) is 25.8. The van der Waals surface area contributed by atoms with Crippen LogP contribution in [0.25, 0.3) is 0 Å². The second-order valence-corrected chi connectivity index (χ2v) is 8.63. The first kappa shape index (κ1) is 23.1. The molecule has 6 nitrogen and oxygen atoms in total. The fourth-order valence-electron chi connectivity index (χ4n) is 3.56. The van der Waals surface area contributed by atoms with Crippen LogP contribution in [-0.2, 0) is 4.79 Å². The standard InChI is InChI=1S/C24H18Cl3N3O3/c1-33-19-10-5-14(6-11-19)22-21(28-23(31)15-2-7-17(25)8-3-15)24(32)29-30(22)13-16-4-9-18(26)12-20(16)27/h2-13,21-22H,1H3,(H-,28,29,31,32)/p+1/b30-13-/t21-,22-/m0/s1. The lowest BCUT2D eigenvalue weighted by Crippen LogP contribution is -2.42. The molecule has 1 heterocycles. The number of hydrogen-bond donors (Lipinski definition) is 2. The van der Waals surface area contributed by atoms with Crippen LogP contribution in [0.4, 0.5) is 0 Å². The number of ether oxygens (including phenoxy) is 1. The number of methoxy groups -OCH3 is 1. The van der Waals surface area contributed by atoms with Crippen molar-refractivity contribution in [2.24, 2.45) is 0 Å². The van der Waals surface area contributed by atoms with E-state index >= 15 is 0 Å². The maximum absolute atomic E-state index is 13.0. The van der Waals surface area contributed by atoms with E-state index in [0.29, 0.717) is 31.9 Å². The lowest BCUT2D eigenvalue weighted by molar-refractivity contribution is -0.596. The summed E-state index contributed by atoms with van der Waals surface area (Å²) in [6.45, 7) is 0. The van der Waals surface area contributed by atoms with Crippen LogP contribution in [-0.4, -0.2) is 35.9 Å². The van der Waals surface area contributed by atoms with E-state index in [2.05, 4.69) is 10.7 Å². The Morgan fingerprint density at radius 1 is 1.00 bits per heavy atom. The van der Waals surface area contributed by atoms with Crippen LogP contribution in [0.3, 0.4) is 0 Å². The molecule has 4 rings (SSSR count). The van der Waals surface area contributed by atoms with Gasteiger partial charge in [0.2, 0.25) is 12.3 Å².